The summed E-state index contributed by atoms with van der Waals surface area (Å²) in [6.07, 6.45) is 2.95. The third-order valence-electron chi connectivity index (χ3n) is 3.24. The molecule has 0 saturated heterocycles. The Kier molecular flexibility index (Phi) is 3.46. The molecule has 19 heavy (non-hydrogen) atoms. The predicted octanol–water partition coefficient (Wildman–Crippen LogP) is 2.10. The number of rotatable bonds is 6. The van der Waals surface area contributed by atoms with Gasteiger partial charge in [-0.3, -0.25) is 0 Å². The lowest BCUT2D eigenvalue weighted by Gasteiger charge is -2.03. The van der Waals surface area contributed by atoms with E-state index in [0.717, 1.165) is 18.6 Å². The van der Waals surface area contributed by atoms with Gasteiger partial charge in [0.1, 0.15) is 5.75 Å². The van der Waals surface area contributed by atoms with Crippen LogP contribution in [0.1, 0.15) is 30.6 Å². The summed E-state index contributed by atoms with van der Waals surface area (Å²) in [6, 6.07) is 9.58. The van der Waals surface area contributed by atoms with Crippen molar-refractivity contribution in [1.82, 2.24) is 10.1 Å². The van der Waals surface area contributed by atoms with Gasteiger partial charge in [0.2, 0.25) is 5.89 Å². The van der Waals surface area contributed by atoms with Gasteiger partial charge in [0.15, 0.2) is 5.82 Å². The minimum atomic E-state index is -0.101. The number of nitrogens with two attached hydrogens (primary N) is 1. The fourth-order valence-corrected chi connectivity index (χ4v) is 1.94. The first-order valence-corrected chi connectivity index (χ1v) is 6.59. The Bertz CT molecular complexity index is 522. The van der Waals surface area contributed by atoms with Crippen LogP contribution in [0.25, 0.3) is 0 Å². The number of aromatic nitrogens is 2. The second kappa shape index (κ2) is 5.40. The number of hydrogen-bond donors (Lipinski definition) is 1. The Morgan fingerprint density at radius 1 is 1.32 bits per heavy atom. The number of hydrogen-bond acceptors (Lipinski definition) is 5. The molecule has 2 N–H and O–H groups in total. The molecule has 1 aliphatic carbocycles. The summed E-state index contributed by atoms with van der Waals surface area (Å²) in [6.45, 7) is 0.529. The van der Waals surface area contributed by atoms with Crippen LogP contribution in [0.4, 0.5) is 0 Å². The van der Waals surface area contributed by atoms with E-state index in [4.69, 9.17) is 15.0 Å². The molecule has 100 valence electrons. The van der Waals surface area contributed by atoms with Crippen LogP contribution in [0.2, 0.25) is 0 Å². The summed E-state index contributed by atoms with van der Waals surface area (Å²) in [5.74, 6) is 2.58. The number of para-hydroxylation sites is 1. The molecule has 1 heterocycles. The molecule has 0 spiro atoms. The van der Waals surface area contributed by atoms with E-state index in [0.29, 0.717) is 30.7 Å². The zero-order valence-corrected chi connectivity index (χ0v) is 10.7. The van der Waals surface area contributed by atoms with Crippen molar-refractivity contribution in [2.45, 2.75) is 25.3 Å². The minimum absolute atomic E-state index is 0.101. The van der Waals surface area contributed by atoms with Crippen LogP contribution in [0.15, 0.2) is 34.9 Å². The molecule has 0 radical (unpaired) electrons. The van der Waals surface area contributed by atoms with Crippen LogP contribution in [-0.2, 0) is 6.42 Å². The van der Waals surface area contributed by atoms with Crippen LogP contribution in [0.3, 0.4) is 0 Å². The van der Waals surface area contributed by atoms with Crippen molar-refractivity contribution in [1.29, 1.82) is 0 Å². The van der Waals surface area contributed by atoms with E-state index in [1.807, 2.05) is 30.3 Å². The monoisotopic (exact) mass is 259 g/mol. The molecule has 0 bridgehead atoms. The van der Waals surface area contributed by atoms with Crippen LogP contribution in [-0.4, -0.2) is 16.7 Å². The summed E-state index contributed by atoms with van der Waals surface area (Å²) >= 11 is 0. The maximum Gasteiger partial charge on any atom is 0.243 e. The van der Waals surface area contributed by atoms with Gasteiger partial charge in [-0.1, -0.05) is 23.4 Å². The fraction of sp³-hybridized carbons (Fsp3) is 0.429. The van der Waals surface area contributed by atoms with E-state index < -0.39 is 0 Å². The average Bonchev–Trinajstić information content (AvgIpc) is 3.19. The average molecular weight is 259 g/mol. The van der Waals surface area contributed by atoms with Gasteiger partial charge in [-0.25, -0.2) is 0 Å². The third kappa shape index (κ3) is 3.12. The molecule has 1 aromatic heterocycles. The largest absolute Gasteiger partial charge is 0.493 e. The molecule has 5 nitrogen and oxygen atoms in total. The molecular weight excluding hydrogens is 242 g/mol. The normalized spacial score (nSPS) is 16.3. The summed E-state index contributed by atoms with van der Waals surface area (Å²) in [5, 5.41) is 3.93. The van der Waals surface area contributed by atoms with Gasteiger partial charge >= 0.3 is 0 Å². The van der Waals surface area contributed by atoms with E-state index in [1.54, 1.807) is 0 Å². The first kappa shape index (κ1) is 12.2. The molecule has 0 amide bonds. The zero-order chi connectivity index (χ0) is 13.1. The van der Waals surface area contributed by atoms with Crippen molar-refractivity contribution >= 4 is 0 Å². The molecule has 0 aliphatic heterocycles. The highest BCUT2D eigenvalue weighted by atomic mass is 16.5. The van der Waals surface area contributed by atoms with E-state index in [9.17, 15) is 0 Å². The molecule has 1 saturated carbocycles. The molecule has 1 atom stereocenters. The minimum Gasteiger partial charge on any atom is -0.493 e. The third-order valence-corrected chi connectivity index (χ3v) is 3.24. The Morgan fingerprint density at radius 2 is 2.11 bits per heavy atom. The lowest BCUT2D eigenvalue weighted by Crippen LogP contribution is -2.13. The van der Waals surface area contributed by atoms with E-state index in [-0.39, 0.29) is 6.04 Å². The molecule has 1 aromatic carbocycles. The van der Waals surface area contributed by atoms with Gasteiger partial charge in [-0.05, 0) is 30.9 Å². The van der Waals surface area contributed by atoms with Gasteiger partial charge in [0.25, 0.3) is 0 Å². The highest BCUT2D eigenvalue weighted by molar-refractivity contribution is 5.20. The maximum atomic E-state index is 6.01. The number of nitrogens with zero attached hydrogens (tertiary/aromatic N) is 2. The van der Waals surface area contributed by atoms with Crippen molar-refractivity contribution in [3.8, 4) is 5.75 Å². The molecular formula is C14H17N3O2. The Morgan fingerprint density at radius 3 is 2.84 bits per heavy atom. The smallest absolute Gasteiger partial charge is 0.243 e. The van der Waals surface area contributed by atoms with Crippen LogP contribution in [0, 0.1) is 5.92 Å². The molecule has 5 heteroatoms. The summed E-state index contributed by atoms with van der Waals surface area (Å²) in [7, 11) is 0. The highest BCUT2D eigenvalue weighted by Gasteiger charge is 2.33. The highest BCUT2D eigenvalue weighted by Crippen LogP contribution is 2.38. The van der Waals surface area contributed by atoms with Gasteiger partial charge in [-0.2, -0.15) is 4.98 Å². The zero-order valence-electron chi connectivity index (χ0n) is 10.7. The summed E-state index contributed by atoms with van der Waals surface area (Å²) in [5.41, 5.74) is 6.01. The molecule has 1 unspecified atom stereocenters. The standard InChI is InChI=1S/C14H17N3O2/c15-13(10-6-7-10)14-16-12(17-19-14)8-9-18-11-4-2-1-3-5-11/h1-5,10,13H,6-9,15H2. The predicted molar refractivity (Wildman–Crippen MR) is 69.6 cm³/mol. The van der Waals surface area contributed by atoms with Gasteiger partial charge < -0.3 is 15.0 Å². The lowest BCUT2D eigenvalue weighted by molar-refractivity contribution is 0.311. The van der Waals surface area contributed by atoms with Crippen molar-refractivity contribution < 1.29 is 9.26 Å². The van der Waals surface area contributed by atoms with E-state index >= 15 is 0 Å². The van der Waals surface area contributed by atoms with Gasteiger partial charge in [0, 0.05) is 6.42 Å². The molecule has 2 aromatic rings. The van der Waals surface area contributed by atoms with Crippen molar-refractivity contribution in [3.05, 3.63) is 42.0 Å². The number of ether oxygens (including phenoxy) is 1. The Labute approximate surface area is 111 Å². The topological polar surface area (TPSA) is 74.2 Å². The Hall–Kier alpha value is -1.88. The molecule has 1 fully saturated rings. The van der Waals surface area contributed by atoms with Crippen molar-refractivity contribution in [2.75, 3.05) is 6.61 Å². The van der Waals surface area contributed by atoms with Crippen molar-refractivity contribution in [3.63, 3.8) is 0 Å². The van der Waals surface area contributed by atoms with Gasteiger partial charge in [0.05, 0.1) is 12.6 Å². The number of benzene rings is 1. The summed E-state index contributed by atoms with van der Waals surface area (Å²) < 4.78 is 10.8. The molecule has 3 rings (SSSR count). The van der Waals surface area contributed by atoms with Crippen molar-refractivity contribution in [2.24, 2.45) is 11.7 Å². The fourth-order valence-electron chi connectivity index (χ4n) is 1.94. The maximum absolute atomic E-state index is 6.01. The van der Waals surface area contributed by atoms with E-state index in [1.165, 1.54) is 0 Å². The lowest BCUT2D eigenvalue weighted by atomic mass is 10.2. The second-order valence-electron chi connectivity index (χ2n) is 4.82. The Balaban J connectivity index is 1.50. The first-order chi connectivity index (χ1) is 9.33. The van der Waals surface area contributed by atoms with Crippen LogP contribution in [0.5, 0.6) is 5.75 Å². The molecule has 1 aliphatic rings. The van der Waals surface area contributed by atoms with Gasteiger partial charge in [-0.15, -0.1) is 0 Å². The first-order valence-electron chi connectivity index (χ1n) is 6.59. The SMILES string of the molecule is NC(c1nc(CCOc2ccccc2)no1)C1CC1. The second-order valence-corrected chi connectivity index (χ2v) is 4.82. The van der Waals surface area contributed by atoms with Crippen LogP contribution >= 0.6 is 0 Å². The quantitative estimate of drug-likeness (QED) is 0.859. The van der Waals surface area contributed by atoms with E-state index in [2.05, 4.69) is 10.1 Å². The summed E-state index contributed by atoms with van der Waals surface area (Å²) in [4.78, 5) is 4.32. The van der Waals surface area contributed by atoms with Crippen LogP contribution < -0.4 is 10.5 Å².